The van der Waals surface area contributed by atoms with Gasteiger partial charge in [0.1, 0.15) is 0 Å². The van der Waals surface area contributed by atoms with Crippen LogP contribution in [0.25, 0.3) is 0 Å². The number of hydrogen-bond donors (Lipinski definition) is 2. The SMILES string of the molecule is Cc1ccc(N)cc1NC(=O)C(C)SC1COC1. The Morgan fingerprint density at radius 2 is 2.28 bits per heavy atom. The van der Waals surface area contributed by atoms with Crippen molar-refractivity contribution in [2.45, 2.75) is 24.3 Å². The maximum Gasteiger partial charge on any atom is 0.237 e. The van der Waals surface area contributed by atoms with Gasteiger partial charge in [-0.25, -0.2) is 0 Å². The number of carbonyl (C=O) groups is 1. The highest BCUT2D eigenvalue weighted by atomic mass is 32.2. The number of nitrogens with two attached hydrogens (primary N) is 1. The van der Waals surface area contributed by atoms with Crippen molar-refractivity contribution < 1.29 is 9.53 Å². The average Bonchev–Trinajstić information content (AvgIpc) is 2.28. The summed E-state index contributed by atoms with van der Waals surface area (Å²) in [4.78, 5) is 12.0. The monoisotopic (exact) mass is 266 g/mol. The van der Waals surface area contributed by atoms with E-state index in [1.807, 2.05) is 26.0 Å². The molecule has 1 heterocycles. The van der Waals surface area contributed by atoms with E-state index < -0.39 is 0 Å². The molecule has 2 rings (SSSR count). The number of benzene rings is 1. The van der Waals surface area contributed by atoms with E-state index in [-0.39, 0.29) is 11.2 Å². The number of nitrogen functional groups attached to an aromatic ring is 1. The van der Waals surface area contributed by atoms with Crippen molar-refractivity contribution in [2.75, 3.05) is 24.3 Å². The van der Waals surface area contributed by atoms with Crippen LogP contribution in [-0.2, 0) is 9.53 Å². The summed E-state index contributed by atoms with van der Waals surface area (Å²) in [5, 5.41) is 3.29. The molecular weight excluding hydrogens is 248 g/mol. The smallest absolute Gasteiger partial charge is 0.237 e. The molecule has 1 aromatic rings. The van der Waals surface area contributed by atoms with Gasteiger partial charge in [0.25, 0.3) is 0 Å². The minimum absolute atomic E-state index is 0.0144. The van der Waals surface area contributed by atoms with Gasteiger partial charge in [0.2, 0.25) is 5.91 Å². The molecule has 1 aromatic carbocycles. The van der Waals surface area contributed by atoms with Gasteiger partial charge < -0.3 is 15.8 Å². The van der Waals surface area contributed by atoms with Gasteiger partial charge in [-0.15, -0.1) is 11.8 Å². The summed E-state index contributed by atoms with van der Waals surface area (Å²) in [6, 6.07) is 5.52. The van der Waals surface area contributed by atoms with Gasteiger partial charge in [-0.3, -0.25) is 4.79 Å². The summed E-state index contributed by atoms with van der Waals surface area (Å²) < 4.78 is 5.10. The van der Waals surface area contributed by atoms with Crippen LogP contribution in [0.4, 0.5) is 11.4 Å². The Morgan fingerprint density at radius 1 is 1.56 bits per heavy atom. The second kappa shape index (κ2) is 5.63. The van der Waals surface area contributed by atoms with Crippen LogP contribution >= 0.6 is 11.8 Å². The fraction of sp³-hybridized carbons (Fsp3) is 0.462. The largest absolute Gasteiger partial charge is 0.399 e. The zero-order valence-electron chi connectivity index (χ0n) is 10.6. The first-order valence-corrected chi connectivity index (χ1v) is 6.90. The van der Waals surface area contributed by atoms with E-state index in [9.17, 15) is 4.79 Å². The van der Waals surface area contributed by atoms with Crippen molar-refractivity contribution in [3.63, 3.8) is 0 Å². The molecule has 0 saturated carbocycles. The van der Waals surface area contributed by atoms with Gasteiger partial charge in [-0.1, -0.05) is 6.07 Å². The fourth-order valence-corrected chi connectivity index (χ4v) is 2.76. The molecule has 1 unspecified atom stereocenters. The first-order valence-electron chi connectivity index (χ1n) is 5.96. The molecule has 1 amide bonds. The molecule has 1 atom stereocenters. The highest BCUT2D eigenvalue weighted by Crippen LogP contribution is 2.25. The summed E-state index contributed by atoms with van der Waals surface area (Å²) in [5.74, 6) is 0.0144. The number of ether oxygens (including phenoxy) is 1. The minimum atomic E-state index is -0.0836. The topological polar surface area (TPSA) is 64.3 Å². The zero-order valence-corrected chi connectivity index (χ0v) is 11.4. The molecule has 98 valence electrons. The number of nitrogens with one attached hydrogen (secondary N) is 1. The van der Waals surface area contributed by atoms with Crippen LogP contribution < -0.4 is 11.1 Å². The predicted molar refractivity (Wildman–Crippen MR) is 75.9 cm³/mol. The molecule has 0 radical (unpaired) electrons. The number of hydrogen-bond acceptors (Lipinski definition) is 4. The van der Waals surface area contributed by atoms with Crippen molar-refractivity contribution in [2.24, 2.45) is 0 Å². The molecule has 3 N–H and O–H groups in total. The van der Waals surface area contributed by atoms with Crippen LogP contribution in [0.5, 0.6) is 0 Å². The van der Waals surface area contributed by atoms with E-state index in [4.69, 9.17) is 10.5 Å². The van der Waals surface area contributed by atoms with Gasteiger partial charge in [0, 0.05) is 11.4 Å². The number of rotatable bonds is 4. The van der Waals surface area contributed by atoms with E-state index in [0.717, 1.165) is 24.5 Å². The summed E-state index contributed by atoms with van der Waals surface area (Å²) in [6.45, 7) is 5.37. The molecule has 1 fully saturated rings. The molecule has 18 heavy (non-hydrogen) atoms. The van der Waals surface area contributed by atoms with Gasteiger partial charge >= 0.3 is 0 Å². The molecule has 1 saturated heterocycles. The molecule has 0 aromatic heterocycles. The van der Waals surface area contributed by atoms with Crippen LogP contribution in [0.15, 0.2) is 18.2 Å². The summed E-state index contributed by atoms with van der Waals surface area (Å²) in [6.07, 6.45) is 0. The highest BCUT2D eigenvalue weighted by Gasteiger charge is 2.25. The Balaban J connectivity index is 1.94. The Morgan fingerprint density at radius 3 is 2.89 bits per heavy atom. The minimum Gasteiger partial charge on any atom is -0.399 e. The molecule has 0 bridgehead atoms. The normalized spacial score (nSPS) is 17.0. The summed E-state index contributed by atoms with van der Waals surface area (Å²) in [7, 11) is 0. The first-order chi connectivity index (χ1) is 8.56. The standard InChI is InChI=1S/C13H18N2O2S/c1-8-3-4-10(14)5-12(8)15-13(16)9(2)18-11-6-17-7-11/h3-5,9,11H,6-7,14H2,1-2H3,(H,15,16). The average molecular weight is 266 g/mol. The van der Waals surface area contributed by atoms with Gasteiger partial charge in [-0.05, 0) is 31.5 Å². The molecule has 5 heteroatoms. The molecule has 0 aliphatic carbocycles. The second-order valence-electron chi connectivity index (χ2n) is 4.50. The maximum atomic E-state index is 12.0. The number of amides is 1. The van der Waals surface area contributed by atoms with Gasteiger partial charge in [0.05, 0.1) is 23.7 Å². The lowest BCUT2D eigenvalue weighted by Crippen LogP contribution is -2.34. The Kier molecular flexibility index (Phi) is 4.14. The van der Waals surface area contributed by atoms with Crippen molar-refractivity contribution in [1.82, 2.24) is 0 Å². The van der Waals surface area contributed by atoms with E-state index >= 15 is 0 Å². The summed E-state index contributed by atoms with van der Waals surface area (Å²) >= 11 is 1.66. The highest BCUT2D eigenvalue weighted by molar-refractivity contribution is 8.01. The lowest BCUT2D eigenvalue weighted by Gasteiger charge is -2.27. The summed E-state index contributed by atoms with van der Waals surface area (Å²) in [5.41, 5.74) is 8.18. The van der Waals surface area contributed by atoms with E-state index in [0.29, 0.717) is 10.9 Å². The van der Waals surface area contributed by atoms with Crippen LogP contribution in [0.3, 0.4) is 0 Å². The number of anilines is 2. The van der Waals surface area contributed by atoms with Gasteiger partial charge in [-0.2, -0.15) is 0 Å². The zero-order chi connectivity index (χ0) is 13.1. The molecule has 0 spiro atoms. The first kappa shape index (κ1) is 13.2. The van der Waals surface area contributed by atoms with Gasteiger partial charge in [0.15, 0.2) is 0 Å². The number of carbonyl (C=O) groups excluding carboxylic acids is 1. The third-order valence-electron chi connectivity index (χ3n) is 2.89. The Labute approximate surface area is 111 Å². The Hall–Kier alpha value is -1.20. The molecule has 1 aliphatic heterocycles. The number of aryl methyl sites for hydroxylation is 1. The van der Waals surface area contributed by atoms with Crippen LogP contribution in [-0.4, -0.2) is 29.6 Å². The lowest BCUT2D eigenvalue weighted by atomic mass is 10.2. The molecular formula is C13H18N2O2S. The third-order valence-corrected chi connectivity index (χ3v) is 4.17. The maximum absolute atomic E-state index is 12.0. The van der Waals surface area contributed by atoms with Crippen LogP contribution in [0, 0.1) is 6.92 Å². The van der Waals surface area contributed by atoms with Crippen LogP contribution in [0.2, 0.25) is 0 Å². The fourth-order valence-electron chi connectivity index (χ4n) is 1.65. The quantitative estimate of drug-likeness (QED) is 0.819. The van der Waals surface area contributed by atoms with Crippen molar-refractivity contribution in [1.29, 1.82) is 0 Å². The third kappa shape index (κ3) is 3.17. The Bertz CT molecular complexity index is 447. The van der Waals surface area contributed by atoms with Crippen molar-refractivity contribution in [3.05, 3.63) is 23.8 Å². The predicted octanol–water partition coefficient (Wildman–Crippen LogP) is 2.04. The van der Waals surface area contributed by atoms with E-state index in [1.165, 1.54) is 0 Å². The van der Waals surface area contributed by atoms with Crippen molar-refractivity contribution >= 4 is 29.0 Å². The van der Waals surface area contributed by atoms with Crippen molar-refractivity contribution in [3.8, 4) is 0 Å². The van der Waals surface area contributed by atoms with E-state index in [1.54, 1.807) is 17.8 Å². The van der Waals surface area contributed by atoms with E-state index in [2.05, 4.69) is 5.32 Å². The number of thioether (sulfide) groups is 1. The molecule has 4 nitrogen and oxygen atoms in total. The van der Waals surface area contributed by atoms with Crippen LogP contribution in [0.1, 0.15) is 12.5 Å². The molecule has 1 aliphatic rings. The lowest BCUT2D eigenvalue weighted by molar-refractivity contribution is -0.115. The second-order valence-corrected chi connectivity index (χ2v) is 6.15.